The van der Waals surface area contributed by atoms with Crippen molar-refractivity contribution in [3.05, 3.63) is 28.8 Å². The maximum Gasteiger partial charge on any atom is 0.392 e. The molecular formula is C15H25ClO2Si. The molecule has 1 rings (SSSR count). The molecule has 0 atom stereocenters. The number of halogens is 1. The van der Waals surface area contributed by atoms with Crippen molar-refractivity contribution < 1.29 is 8.85 Å². The summed E-state index contributed by atoms with van der Waals surface area (Å²) >= 11 is 6.15. The van der Waals surface area contributed by atoms with E-state index in [1.165, 1.54) is 19.3 Å². The van der Waals surface area contributed by atoms with Crippen molar-refractivity contribution in [2.24, 2.45) is 0 Å². The molecule has 0 bridgehead atoms. The van der Waals surface area contributed by atoms with E-state index in [9.17, 15) is 0 Å². The third kappa shape index (κ3) is 6.46. The molecule has 0 aliphatic carbocycles. The Labute approximate surface area is 123 Å². The summed E-state index contributed by atoms with van der Waals surface area (Å²) in [6, 6.07) is 5.82. The van der Waals surface area contributed by atoms with Gasteiger partial charge in [0.2, 0.25) is 0 Å². The van der Waals surface area contributed by atoms with Crippen LogP contribution in [0.15, 0.2) is 18.2 Å². The van der Waals surface area contributed by atoms with Gasteiger partial charge in [-0.2, -0.15) is 0 Å². The van der Waals surface area contributed by atoms with Gasteiger partial charge in [0.1, 0.15) is 5.75 Å². The number of rotatable bonds is 8. The predicted octanol–water partition coefficient (Wildman–Crippen LogP) is 5.33. The van der Waals surface area contributed by atoms with Gasteiger partial charge in [0.15, 0.2) is 0 Å². The Kier molecular flexibility index (Phi) is 6.90. The molecule has 0 aromatic heterocycles. The zero-order valence-corrected chi connectivity index (χ0v) is 14.2. The summed E-state index contributed by atoms with van der Waals surface area (Å²) in [5.41, 5.74) is 1.15. The van der Waals surface area contributed by atoms with Gasteiger partial charge in [-0.25, -0.2) is 0 Å². The lowest BCUT2D eigenvalue weighted by atomic mass is 10.2. The van der Waals surface area contributed by atoms with E-state index in [0.717, 1.165) is 24.3 Å². The van der Waals surface area contributed by atoms with E-state index in [4.69, 9.17) is 20.5 Å². The smallest absolute Gasteiger partial charge is 0.392 e. The largest absolute Gasteiger partial charge is 0.519 e. The maximum atomic E-state index is 6.15. The van der Waals surface area contributed by atoms with Gasteiger partial charge in [0, 0.05) is 6.61 Å². The van der Waals surface area contributed by atoms with Gasteiger partial charge >= 0.3 is 8.56 Å². The van der Waals surface area contributed by atoms with Gasteiger partial charge in [-0.1, -0.05) is 43.9 Å². The predicted molar refractivity (Wildman–Crippen MR) is 84.4 cm³/mol. The molecule has 1 aromatic rings. The Balaban J connectivity index is 2.46. The van der Waals surface area contributed by atoms with Crippen molar-refractivity contribution in [3.63, 3.8) is 0 Å². The van der Waals surface area contributed by atoms with Crippen LogP contribution < -0.4 is 4.43 Å². The third-order valence-corrected chi connectivity index (χ3v) is 4.81. The molecule has 0 saturated heterocycles. The average molecular weight is 301 g/mol. The van der Waals surface area contributed by atoms with Crippen molar-refractivity contribution in [1.29, 1.82) is 0 Å². The molecule has 0 N–H and O–H groups in total. The second-order valence-corrected chi connectivity index (χ2v) is 9.04. The first-order chi connectivity index (χ1) is 8.94. The zero-order chi connectivity index (χ0) is 14.3. The number of unbranched alkanes of at least 4 members (excludes halogenated alkanes) is 3. The summed E-state index contributed by atoms with van der Waals surface area (Å²) in [5.74, 6) is 0.742. The molecule has 0 saturated carbocycles. The van der Waals surface area contributed by atoms with Crippen molar-refractivity contribution in [3.8, 4) is 5.75 Å². The summed E-state index contributed by atoms with van der Waals surface area (Å²) < 4.78 is 11.9. The quantitative estimate of drug-likeness (QED) is 0.477. The van der Waals surface area contributed by atoms with E-state index in [1.807, 2.05) is 25.1 Å². The molecule has 0 heterocycles. The van der Waals surface area contributed by atoms with E-state index < -0.39 is 8.56 Å². The Morgan fingerprint density at radius 2 is 1.89 bits per heavy atom. The van der Waals surface area contributed by atoms with Gasteiger partial charge < -0.3 is 8.85 Å². The number of hydrogen-bond donors (Lipinski definition) is 0. The van der Waals surface area contributed by atoms with E-state index in [0.29, 0.717) is 5.02 Å². The minimum Gasteiger partial charge on any atom is -0.519 e. The molecule has 0 unspecified atom stereocenters. The van der Waals surface area contributed by atoms with Crippen LogP contribution in [0.5, 0.6) is 5.75 Å². The first-order valence-corrected chi connectivity index (χ1v) is 10.2. The van der Waals surface area contributed by atoms with E-state index >= 15 is 0 Å². The highest BCUT2D eigenvalue weighted by atomic mass is 35.5. The fraction of sp³-hybridized carbons (Fsp3) is 0.600. The van der Waals surface area contributed by atoms with Crippen molar-refractivity contribution in [2.45, 2.75) is 52.6 Å². The van der Waals surface area contributed by atoms with Gasteiger partial charge in [0.25, 0.3) is 0 Å². The second-order valence-electron chi connectivity index (χ2n) is 5.34. The molecule has 19 heavy (non-hydrogen) atoms. The summed E-state index contributed by atoms with van der Waals surface area (Å²) in [6.07, 6.45) is 4.85. The Morgan fingerprint density at radius 3 is 2.58 bits per heavy atom. The first-order valence-electron chi connectivity index (χ1n) is 7.04. The van der Waals surface area contributed by atoms with Gasteiger partial charge in [-0.15, -0.1) is 0 Å². The Bertz CT molecular complexity index is 394. The molecule has 2 nitrogen and oxygen atoms in total. The minimum absolute atomic E-state index is 0.653. The fourth-order valence-electron chi connectivity index (χ4n) is 1.83. The highest BCUT2D eigenvalue weighted by Crippen LogP contribution is 2.28. The molecule has 0 radical (unpaired) electrons. The molecule has 0 fully saturated rings. The minimum atomic E-state index is -2.14. The molecule has 0 amide bonds. The normalized spacial score (nSPS) is 11.6. The topological polar surface area (TPSA) is 18.5 Å². The Morgan fingerprint density at radius 1 is 1.16 bits per heavy atom. The lowest BCUT2D eigenvalue weighted by molar-refractivity contribution is 0.241. The van der Waals surface area contributed by atoms with Crippen LogP contribution in [-0.2, 0) is 4.43 Å². The zero-order valence-electron chi connectivity index (χ0n) is 12.5. The van der Waals surface area contributed by atoms with Gasteiger partial charge in [-0.3, -0.25) is 0 Å². The summed E-state index contributed by atoms with van der Waals surface area (Å²) in [5, 5.41) is 0.653. The number of benzene rings is 1. The van der Waals surface area contributed by atoms with Crippen LogP contribution in [0.1, 0.15) is 38.2 Å². The van der Waals surface area contributed by atoms with Crippen LogP contribution >= 0.6 is 11.6 Å². The molecule has 108 valence electrons. The van der Waals surface area contributed by atoms with Gasteiger partial charge in [-0.05, 0) is 44.1 Å². The lowest BCUT2D eigenvalue weighted by Crippen LogP contribution is -2.38. The van der Waals surface area contributed by atoms with Crippen molar-refractivity contribution in [2.75, 3.05) is 6.61 Å². The summed E-state index contributed by atoms with van der Waals surface area (Å²) in [4.78, 5) is 0. The SMILES string of the molecule is CCCCCCO[Si](C)(C)Oc1cc(C)ccc1Cl. The third-order valence-electron chi connectivity index (χ3n) is 2.89. The highest BCUT2D eigenvalue weighted by Gasteiger charge is 2.27. The molecule has 0 aliphatic rings. The van der Waals surface area contributed by atoms with Crippen LogP contribution in [0, 0.1) is 6.92 Å². The van der Waals surface area contributed by atoms with Crippen LogP contribution in [0.3, 0.4) is 0 Å². The van der Waals surface area contributed by atoms with E-state index in [-0.39, 0.29) is 0 Å². The monoisotopic (exact) mass is 300 g/mol. The number of hydrogen-bond acceptors (Lipinski definition) is 2. The fourth-order valence-corrected chi connectivity index (χ4v) is 3.44. The van der Waals surface area contributed by atoms with Crippen LogP contribution in [0.4, 0.5) is 0 Å². The molecular weight excluding hydrogens is 276 g/mol. The molecule has 0 aliphatic heterocycles. The maximum absolute atomic E-state index is 6.15. The number of aryl methyl sites for hydroxylation is 1. The average Bonchev–Trinajstić information content (AvgIpc) is 2.33. The molecule has 4 heteroatoms. The van der Waals surface area contributed by atoms with Crippen molar-refractivity contribution >= 4 is 20.2 Å². The van der Waals surface area contributed by atoms with E-state index in [2.05, 4.69) is 20.0 Å². The lowest BCUT2D eigenvalue weighted by Gasteiger charge is -2.24. The Hall–Kier alpha value is -0.513. The van der Waals surface area contributed by atoms with Crippen LogP contribution in [0.25, 0.3) is 0 Å². The second kappa shape index (κ2) is 7.93. The summed E-state index contributed by atoms with van der Waals surface area (Å²) in [7, 11) is -2.14. The van der Waals surface area contributed by atoms with Crippen LogP contribution in [0.2, 0.25) is 18.1 Å². The van der Waals surface area contributed by atoms with E-state index in [1.54, 1.807) is 0 Å². The molecule has 0 spiro atoms. The molecule has 1 aromatic carbocycles. The standard InChI is InChI=1S/C15H25ClO2Si/c1-5-6-7-8-11-17-19(3,4)18-15-12-13(2)9-10-14(15)16/h9-10,12H,5-8,11H2,1-4H3. The highest BCUT2D eigenvalue weighted by molar-refractivity contribution is 6.65. The van der Waals surface area contributed by atoms with Crippen LogP contribution in [-0.4, -0.2) is 15.2 Å². The van der Waals surface area contributed by atoms with Crippen molar-refractivity contribution in [1.82, 2.24) is 0 Å². The van der Waals surface area contributed by atoms with Gasteiger partial charge in [0.05, 0.1) is 5.02 Å². The summed E-state index contributed by atoms with van der Waals surface area (Å²) in [6.45, 7) is 9.14. The first kappa shape index (κ1) is 16.5.